The van der Waals surface area contributed by atoms with Crippen molar-refractivity contribution in [1.29, 1.82) is 0 Å². The van der Waals surface area contributed by atoms with Gasteiger partial charge in [0.25, 0.3) is 0 Å². The van der Waals surface area contributed by atoms with Crippen molar-refractivity contribution in [2.75, 3.05) is 17.7 Å². The van der Waals surface area contributed by atoms with Crippen LogP contribution in [0.3, 0.4) is 0 Å². The molecule has 0 radical (unpaired) electrons. The van der Waals surface area contributed by atoms with Crippen molar-refractivity contribution < 1.29 is 4.42 Å². The number of aromatic amines is 1. The molecule has 3 aromatic heterocycles. The molecule has 0 fully saturated rings. The van der Waals surface area contributed by atoms with Gasteiger partial charge in [-0.1, -0.05) is 17.7 Å². The molecule has 2 aromatic carbocycles. The van der Waals surface area contributed by atoms with Gasteiger partial charge in [-0.2, -0.15) is 9.97 Å². The van der Waals surface area contributed by atoms with Gasteiger partial charge in [-0.15, -0.1) is 0 Å². The number of furan rings is 1. The van der Waals surface area contributed by atoms with Crippen molar-refractivity contribution in [2.24, 2.45) is 0 Å². The lowest BCUT2D eigenvalue weighted by Gasteiger charge is -2.19. The van der Waals surface area contributed by atoms with E-state index in [1.807, 2.05) is 54.4 Å². The number of H-pyrrole nitrogens is 1. The molecule has 26 heavy (non-hydrogen) atoms. The van der Waals surface area contributed by atoms with Crippen LogP contribution in [0.4, 0.5) is 17.5 Å². The lowest BCUT2D eigenvalue weighted by Crippen LogP contribution is -2.13. The van der Waals surface area contributed by atoms with Crippen LogP contribution in [0.1, 0.15) is 0 Å². The van der Waals surface area contributed by atoms with E-state index in [0.717, 1.165) is 32.9 Å². The lowest BCUT2D eigenvalue weighted by atomic mass is 10.2. The molecule has 0 aliphatic rings. The molecule has 6 nitrogen and oxygen atoms in total. The molecule has 0 atom stereocenters. The summed E-state index contributed by atoms with van der Waals surface area (Å²) < 4.78 is 5.42. The topological polar surface area (TPSA) is 84.0 Å². The molecule has 0 aliphatic heterocycles. The standard InChI is InChI=1S/C19H14ClN5O/c1-25(11-5-6-14-10(9-11)7-8-26-14)18-16-15-12(20)3-2-4-13(15)22-17(16)23-19(21)24-18/h2-9H,1H3,(H3,21,22,23,24). The molecule has 7 heteroatoms. The fourth-order valence-corrected chi connectivity index (χ4v) is 3.59. The van der Waals surface area contributed by atoms with E-state index in [0.29, 0.717) is 16.5 Å². The second kappa shape index (κ2) is 5.37. The van der Waals surface area contributed by atoms with Gasteiger partial charge in [-0.25, -0.2) is 0 Å². The van der Waals surface area contributed by atoms with Crippen LogP contribution in [0.5, 0.6) is 0 Å². The third-order valence-corrected chi connectivity index (χ3v) is 4.88. The zero-order chi connectivity index (χ0) is 17.8. The van der Waals surface area contributed by atoms with E-state index in [9.17, 15) is 0 Å². The monoisotopic (exact) mass is 363 g/mol. The van der Waals surface area contributed by atoms with Gasteiger partial charge in [-0.3, -0.25) is 0 Å². The van der Waals surface area contributed by atoms with Gasteiger partial charge < -0.3 is 20.0 Å². The maximum absolute atomic E-state index is 6.47. The highest BCUT2D eigenvalue weighted by Crippen LogP contribution is 2.38. The summed E-state index contributed by atoms with van der Waals surface area (Å²) in [6.45, 7) is 0. The summed E-state index contributed by atoms with van der Waals surface area (Å²) in [4.78, 5) is 14.1. The Labute approximate surface area is 153 Å². The number of nitrogens with two attached hydrogens (primary N) is 1. The molecule has 0 spiro atoms. The highest BCUT2D eigenvalue weighted by atomic mass is 35.5. The Balaban J connectivity index is 1.80. The maximum atomic E-state index is 6.47. The number of rotatable bonds is 2. The van der Waals surface area contributed by atoms with Gasteiger partial charge in [0.15, 0.2) is 0 Å². The number of halogens is 1. The molecule has 3 N–H and O–H groups in total. The Morgan fingerprint density at radius 3 is 2.88 bits per heavy atom. The summed E-state index contributed by atoms with van der Waals surface area (Å²) in [6.07, 6.45) is 1.68. The third-order valence-electron chi connectivity index (χ3n) is 4.56. The molecule has 128 valence electrons. The van der Waals surface area contributed by atoms with Gasteiger partial charge in [0, 0.05) is 29.0 Å². The molecule has 5 rings (SSSR count). The van der Waals surface area contributed by atoms with Crippen LogP contribution in [0, 0.1) is 0 Å². The van der Waals surface area contributed by atoms with E-state index in [1.54, 1.807) is 6.26 Å². The third kappa shape index (κ3) is 2.12. The number of fused-ring (bicyclic) bond motifs is 4. The van der Waals surface area contributed by atoms with Crippen LogP contribution < -0.4 is 10.6 Å². The number of aromatic nitrogens is 3. The maximum Gasteiger partial charge on any atom is 0.224 e. The number of hydrogen-bond donors (Lipinski definition) is 2. The summed E-state index contributed by atoms with van der Waals surface area (Å²) in [5.74, 6) is 0.890. The Kier molecular flexibility index (Phi) is 3.11. The number of benzene rings is 2. The molecular formula is C19H14ClN5O. The van der Waals surface area contributed by atoms with Gasteiger partial charge in [0.05, 0.1) is 16.7 Å². The van der Waals surface area contributed by atoms with E-state index in [4.69, 9.17) is 21.8 Å². The SMILES string of the molecule is CN(c1ccc2occc2c1)c1nc(N)nc2[nH]c3cccc(Cl)c3c12. The average molecular weight is 364 g/mol. The van der Waals surface area contributed by atoms with E-state index in [-0.39, 0.29) is 5.95 Å². The molecule has 0 saturated heterocycles. The molecule has 3 heterocycles. The minimum Gasteiger partial charge on any atom is -0.464 e. The highest BCUT2D eigenvalue weighted by Gasteiger charge is 2.19. The highest BCUT2D eigenvalue weighted by molar-refractivity contribution is 6.38. The van der Waals surface area contributed by atoms with Crippen molar-refractivity contribution in [2.45, 2.75) is 0 Å². The second-order valence-corrected chi connectivity index (χ2v) is 6.53. The van der Waals surface area contributed by atoms with Gasteiger partial charge >= 0.3 is 0 Å². The normalized spacial score (nSPS) is 11.6. The zero-order valence-corrected chi connectivity index (χ0v) is 14.6. The van der Waals surface area contributed by atoms with Crippen LogP contribution in [0.2, 0.25) is 5.02 Å². The van der Waals surface area contributed by atoms with E-state index >= 15 is 0 Å². The summed E-state index contributed by atoms with van der Waals surface area (Å²) >= 11 is 6.47. The number of hydrogen-bond acceptors (Lipinski definition) is 5. The van der Waals surface area contributed by atoms with Crippen LogP contribution in [0.25, 0.3) is 32.9 Å². The molecule has 0 unspecified atom stereocenters. The Bertz CT molecular complexity index is 1290. The summed E-state index contributed by atoms with van der Waals surface area (Å²) in [5, 5.41) is 3.39. The summed E-state index contributed by atoms with van der Waals surface area (Å²) in [7, 11) is 1.94. The number of nitrogens with zero attached hydrogens (tertiary/aromatic N) is 3. The van der Waals surface area contributed by atoms with Crippen molar-refractivity contribution >= 4 is 62.0 Å². The van der Waals surface area contributed by atoms with E-state index in [1.165, 1.54) is 0 Å². The minimum absolute atomic E-state index is 0.200. The first-order valence-electron chi connectivity index (χ1n) is 8.06. The van der Waals surface area contributed by atoms with Gasteiger partial charge in [0.2, 0.25) is 5.95 Å². The molecule has 0 saturated carbocycles. The Morgan fingerprint density at radius 2 is 2.00 bits per heavy atom. The molecule has 0 bridgehead atoms. The first kappa shape index (κ1) is 15.0. The Morgan fingerprint density at radius 1 is 1.12 bits per heavy atom. The smallest absolute Gasteiger partial charge is 0.224 e. The van der Waals surface area contributed by atoms with Gasteiger partial charge in [0.1, 0.15) is 17.0 Å². The molecule has 5 aromatic rings. The summed E-state index contributed by atoms with van der Waals surface area (Å²) in [6, 6.07) is 13.6. The number of anilines is 3. The average Bonchev–Trinajstić information content (AvgIpc) is 3.24. The first-order valence-corrected chi connectivity index (χ1v) is 8.44. The van der Waals surface area contributed by atoms with Crippen LogP contribution in [-0.4, -0.2) is 22.0 Å². The number of nitrogens with one attached hydrogen (secondary N) is 1. The fourth-order valence-electron chi connectivity index (χ4n) is 3.32. The summed E-state index contributed by atoms with van der Waals surface area (Å²) in [5.41, 5.74) is 9.31. The largest absolute Gasteiger partial charge is 0.464 e. The van der Waals surface area contributed by atoms with Crippen molar-refractivity contribution in [3.8, 4) is 0 Å². The minimum atomic E-state index is 0.200. The van der Waals surface area contributed by atoms with Crippen molar-refractivity contribution in [3.05, 3.63) is 53.8 Å². The van der Waals surface area contributed by atoms with Gasteiger partial charge in [-0.05, 0) is 36.4 Å². The van der Waals surface area contributed by atoms with E-state index in [2.05, 4.69) is 15.0 Å². The molecule has 0 amide bonds. The van der Waals surface area contributed by atoms with E-state index < -0.39 is 0 Å². The van der Waals surface area contributed by atoms with Crippen molar-refractivity contribution in [1.82, 2.24) is 15.0 Å². The number of nitrogen functional groups attached to an aromatic ring is 1. The first-order chi connectivity index (χ1) is 12.6. The predicted molar refractivity (Wildman–Crippen MR) is 105 cm³/mol. The second-order valence-electron chi connectivity index (χ2n) is 6.12. The lowest BCUT2D eigenvalue weighted by molar-refractivity contribution is 0.616. The van der Waals surface area contributed by atoms with Crippen LogP contribution in [0.15, 0.2) is 53.1 Å². The van der Waals surface area contributed by atoms with Crippen LogP contribution >= 0.6 is 11.6 Å². The molecule has 0 aliphatic carbocycles. The van der Waals surface area contributed by atoms with Crippen molar-refractivity contribution in [3.63, 3.8) is 0 Å². The predicted octanol–water partition coefficient (Wildman–Crippen LogP) is 4.86. The van der Waals surface area contributed by atoms with Crippen LogP contribution in [-0.2, 0) is 0 Å². The quantitative estimate of drug-likeness (QED) is 0.468. The molecular weight excluding hydrogens is 350 g/mol. The zero-order valence-electron chi connectivity index (χ0n) is 13.8. The fraction of sp³-hybridized carbons (Fsp3) is 0.0526. The Hall–Kier alpha value is -3.25.